The molecule has 1 saturated heterocycles. The van der Waals surface area contributed by atoms with Gasteiger partial charge < -0.3 is 19.5 Å². The lowest BCUT2D eigenvalue weighted by molar-refractivity contribution is -0.385. The predicted molar refractivity (Wildman–Crippen MR) is 107 cm³/mol. The molecule has 1 aliphatic heterocycles. The molecule has 0 spiro atoms. The van der Waals surface area contributed by atoms with Crippen molar-refractivity contribution in [3.05, 3.63) is 63.2 Å². The maximum atomic E-state index is 12.1. The molecular weight excluding hydrogens is 416 g/mol. The summed E-state index contributed by atoms with van der Waals surface area (Å²) >= 11 is 5.78. The van der Waals surface area contributed by atoms with Crippen LogP contribution < -0.4 is 10.1 Å². The van der Waals surface area contributed by atoms with Gasteiger partial charge in [0.05, 0.1) is 16.6 Å². The number of hydrogen-bond donors (Lipinski definition) is 1. The first-order valence-corrected chi connectivity index (χ1v) is 9.57. The number of carbonyl (C=O) groups is 2. The number of carbonyl (C=O) groups excluding carboxylic acids is 2. The molecule has 158 valence electrons. The number of hydrogen-bond acceptors (Lipinski definition) is 7. The Hall–Kier alpha value is -3.17. The van der Waals surface area contributed by atoms with Gasteiger partial charge in [-0.1, -0.05) is 11.6 Å². The van der Waals surface area contributed by atoms with Crippen molar-refractivity contribution in [3.8, 4) is 11.5 Å². The number of rotatable bonds is 8. The van der Waals surface area contributed by atoms with Gasteiger partial charge in [-0.25, -0.2) is 4.79 Å². The largest absolute Gasteiger partial charge is 0.452 e. The second-order valence-electron chi connectivity index (χ2n) is 6.51. The first-order valence-electron chi connectivity index (χ1n) is 9.19. The molecule has 1 N–H and O–H groups in total. The Morgan fingerprint density at radius 3 is 2.67 bits per heavy atom. The maximum absolute atomic E-state index is 12.1. The van der Waals surface area contributed by atoms with Crippen molar-refractivity contribution in [2.24, 2.45) is 0 Å². The van der Waals surface area contributed by atoms with Gasteiger partial charge in [-0.15, -0.1) is 0 Å². The summed E-state index contributed by atoms with van der Waals surface area (Å²) in [7, 11) is 0. The number of halogens is 1. The number of benzene rings is 2. The highest BCUT2D eigenvalue weighted by atomic mass is 35.5. The van der Waals surface area contributed by atoms with Gasteiger partial charge in [0.2, 0.25) is 5.75 Å². The summed E-state index contributed by atoms with van der Waals surface area (Å²) in [6, 6.07) is 9.84. The average molecular weight is 435 g/mol. The minimum atomic E-state index is -0.675. The first-order chi connectivity index (χ1) is 14.4. The summed E-state index contributed by atoms with van der Waals surface area (Å²) in [6.45, 7) is 0.681. The Labute approximate surface area is 177 Å². The van der Waals surface area contributed by atoms with Gasteiger partial charge in [-0.05, 0) is 49.2 Å². The fourth-order valence-electron chi connectivity index (χ4n) is 2.80. The molecule has 1 atom stereocenters. The number of nitro benzene ring substituents is 1. The highest BCUT2D eigenvalue weighted by molar-refractivity contribution is 6.30. The topological polar surface area (TPSA) is 117 Å². The maximum Gasteiger partial charge on any atom is 0.338 e. The summed E-state index contributed by atoms with van der Waals surface area (Å²) in [4.78, 5) is 34.4. The van der Waals surface area contributed by atoms with Crippen molar-refractivity contribution in [1.82, 2.24) is 5.32 Å². The van der Waals surface area contributed by atoms with Crippen LogP contribution in [0.25, 0.3) is 0 Å². The quantitative estimate of drug-likeness (QED) is 0.384. The van der Waals surface area contributed by atoms with E-state index in [0.717, 1.165) is 12.8 Å². The Morgan fingerprint density at radius 2 is 2.00 bits per heavy atom. The van der Waals surface area contributed by atoms with E-state index in [1.165, 1.54) is 42.5 Å². The number of esters is 1. The highest BCUT2D eigenvalue weighted by Gasteiger charge is 2.18. The zero-order chi connectivity index (χ0) is 21.5. The van der Waals surface area contributed by atoms with Gasteiger partial charge in [-0.2, -0.15) is 0 Å². The second-order valence-corrected chi connectivity index (χ2v) is 6.95. The van der Waals surface area contributed by atoms with Crippen LogP contribution in [-0.4, -0.2) is 42.7 Å². The lowest BCUT2D eigenvalue weighted by Gasteiger charge is -2.11. The van der Waals surface area contributed by atoms with Crippen LogP contribution in [0, 0.1) is 10.1 Å². The Balaban J connectivity index is 1.52. The third-order valence-electron chi connectivity index (χ3n) is 4.32. The highest BCUT2D eigenvalue weighted by Crippen LogP contribution is 2.33. The number of amides is 1. The van der Waals surface area contributed by atoms with Crippen LogP contribution >= 0.6 is 11.6 Å². The van der Waals surface area contributed by atoms with E-state index in [-0.39, 0.29) is 33.9 Å². The van der Waals surface area contributed by atoms with Crippen molar-refractivity contribution in [2.45, 2.75) is 18.9 Å². The molecule has 2 aromatic carbocycles. The third kappa shape index (κ3) is 5.91. The molecule has 0 bridgehead atoms. The SMILES string of the molecule is O=C(COC(=O)c1ccc(Oc2ccc(Cl)cc2[N+](=O)[O-])cc1)NCC1CCCO1. The summed E-state index contributed by atoms with van der Waals surface area (Å²) in [5.74, 6) is -0.783. The van der Waals surface area contributed by atoms with E-state index in [1.54, 1.807) is 0 Å². The van der Waals surface area contributed by atoms with E-state index in [4.69, 9.17) is 25.8 Å². The molecular formula is C20H19ClN2O7. The molecule has 3 rings (SSSR count). The number of nitro groups is 1. The van der Waals surface area contributed by atoms with Crippen LogP contribution in [0.1, 0.15) is 23.2 Å². The monoisotopic (exact) mass is 434 g/mol. The van der Waals surface area contributed by atoms with Crippen LogP contribution in [0.4, 0.5) is 5.69 Å². The normalized spacial score (nSPS) is 15.4. The Morgan fingerprint density at radius 1 is 1.23 bits per heavy atom. The molecule has 0 aromatic heterocycles. The molecule has 30 heavy (non-hydrogen) atoms. The van der Waals surface area contributed by atoms with Gasteiger partial charge >= 0.3 is 11.7 Å². The van der Waals surface area contributed by atoms with Gasteiger partial charge in [-0.3, -0.25) is 14.9 Å². The fourth-order valence-corrected chi connectivity index (χ4v) is 2.97. The molecule has 1 fully saturated rings. The third-order valence-corrected chi connectivity index (χ3v) is 4.56. The summed E-state index contributed by atoms with van der Waals surface area (Å²) in [5.41, 5.74) is -0.0696. The van der Waals surface area contributed by atoms with Gasteiger partial charge in [0.1, 0.15) is 5.75 Å². The molecule has 1 heterocycles. The molecule has 0 aliphatic carbocycles. The Bertz CT molecular complexity index is 927. The van der Waals surface area contributed by atoms with Crippen LogP contribution in [-0.2, 0) is 14.3 Å². The molecule has 0 saturated carbocycles. The average Bonchev–Trinajstić information content (AvgIpc) is 3.26. The van der Waals surface area contributed by atoms with E-state index in [2.05, 4.69) is 5.32 Å². The molecule has 9 nitrogen and oxygen atoms in total. The van der Waals surface area contributed by atoms with Crippen molar-refractivity contribution >= 4 is 29.2 Å². The van der Waals surface area contributed by atoms with E-state index in [9.17, 15) is 19.7 Å². The van der Waals surface area contributed by atoms with Crippen molar-refractivity contribution in [3.63, 3.8) is 0 Å². The Kier molecular flexibility index (Phi) is 7.21. The van der Waals surface area contributed by atoms with E-state index < -0.39 is 23.4 Å². The molecule has 2 aromatic rings. The smallest absolute Gasteiger partial charge is 0.338 e. The van der Waals surface area contributed by atoms with Crippen molar-refractivity contribution in [1.29, 1.82) is 0 Å². The summed E-state index contributed by atoms with van der Waals surface area (Å²) < 4.78 is 15.9. The number of ether oxygens (including phenoxy) is 3. The van der Waals surface area contributed by atoms with Gasteiger partial charge in [0.25, 0.3) is 5.91 Å². The minimum Gasteiger partial charge on any atom is -0.452 e. The second kappa shape index (κ2) is 10.0. The summed E-state index contributed by atoms with van der Waals surface area (Å²) in [5, 5.41) is 14.0. The van der Waals surface area contributed by atoms with Crippen molar-refractivity contribution in [2.75, 3.05) is 19.8 Å². The molecule has 1 unspecified atom stereocenters. The molecule has 1 aliphatic rings. The minimum absolute atomic E-state index is 0.00802. The van der Waals surface area contributed by atoms with E-state index in [0.29, 0.717) is 13.2 Å². The van der Waals surface area contributed by atoms with Crippen LogP contribution in [0.2, 0.25) is 5.02 Å². The van der Waals surface area contributed by atoms with Crippen LogP contribution in [0.3, 0.4) is 0 Å². The standard InChI is InChI=1S/C20H19ClN2O7/c21-14-5-8-18(17(10-14)23(26)27)30-15-6-3-13(4-7-15)20(25)29-12-19(24)22-11-16-2-1-9-28-16/h3-8,10,16H,1-2,9,11-12H2,(H,22,24). The molecule has 1 amide bonds. The number of nitrogens with zero attached hydrogens (tertiary/aromatic N) is 1. The lowest BCUT2D eigenvalue weighted by Crippen LogP contribution is -2.34. The molecule has 0 radical (unpaired) electrons. The van der Waals surface area contributed by atoms with E-state index in [1.807, 2.05) is 0 Å². The van der Waals surface area contributed by atoms with Crippen molar-refractivity contribution < 1.29 is 28.7 Å². The molecule has 10 heteroatoms. The fraction of sp³-hybridized carbons (Fsp3) is 0.300. The lowest BCUT2D eigenvalue weighted by atomic mass is 10.2. The zero-order valence-corrected chi connectivity index (χ0v) is 16.6. The van der Waals surface area contributed by atoms with Gasteiger partial charge in [0, 0.05) is 24.2 Å². The van der Waals surface area contributed by atoms with Gasteiger partial charge in [0.15, 0.2) is 6.61 Å². The zero-order valence-electron chi connectivity index (χ0n) is 15.8. The first kappa shape index (κ1) is 21.5. The van der Waals surface area contributed by atoms with Crippen LogP contribution in [0.5, 0.6) is 11.5 Å². The summed E-state index contributed by atoms with van der Waals surface area (Å²) in [6.07, 6.45) is 1.88. The van der Waals surface area contributed by atoms with Crippen LogP contribution in [0.15, 0.2) is 42.5 Å². The number of nitrogens with one attached hydrogen (secondary N) is 1. The predicted octanol–water partition coefficient (Wildman–Crippen LogP) is 3.49. The van der Waals surface area contributed by atoms with E-state index >= 15 is 0 Å².